The summed E-state index contributed by atoms with van der Waals surface area (Å²) < 4.78 is 0. The van der Waals surface area contributed by atoms with Crippen LogP contribution in [0.1, 0.15) is 31.4 Å². The molecule has 0 aliphatic heterocycles. The van der Waals surface area contributed by atoms with E-state index >= 15 is 0 Å². The molecule has 0 aromatic heterocycles. The number of nitrogens with zero attached hydrogens (tertiary/aromatic N) is 2. The van der Waals surface area contributed by atoms with Crippen molar-refractivity contribution in [3.63, 3.8) is 0 Å². The van der Waals surface area contributed by atoms with Gasteiger partial charge >= 0.3 is 0 Å². The zero-order chi connectivity index (χ0) is 15.1. The second kappa shape index (κ2) is 8.28. The summed E-state index contributed by atoms with van der Waals surface area (Å²) in [6.07, 6.45) is 2.11. The first-order valence-electron chi connectivity index (χ1n) is 7.68. The van der Waals surface area contributed by atoms with Crippen LogP contribution in [0.5, 0.6) is 0 Å². The maximum absolute atomic E-state index is 6.01. The van der Waals surface area contributed by atoms with Gasteiger partial charge < -0.3 is 15.5 Å². The summed E-state index contributed by atoms with van der Waals surface area (Å²) in [7, 11) is 4.25. The van der Waals surface area contributed by atoms with E-state index < -0.39 is 0 Å². The Kier molecular flexibility index (Phi) is 7.03. The van der Waals surface area contributed by atoms with Gasteiger partial charge in [-0.25, -0.2) is 0 Å². The molecule has 0 amide bonds. The summed E-state index contributed by atoms with van der Waals surface area (Å²) in [5, 5.41) is 0. The van der Waals surface area contributed by atoms with Crippen molar-refractivity contribution >= 4 is 5.69 Å². The second-order valence-electron chi connectivity index (χ2n) is 6.10. The lowest BCUT2D eigenvalue weighted by molar-refractivity contribution is 0.412. The van der Waals surface area contributed by atoms with Gasteiger partial charge in [-0.3, -0.25) is 0 Å². The average Bonchev–Trinajstić information content (AvgIpc) is 2.34. The van der Waals surface area contributed by atoms with Crippen molar-refractivity contribution in [2.45, 2.75) is 39.7 Å². The maximum atomic E-state index is 6.01. The SMILES string of the molecule is CCCN(CCN(C)C)c1ccc(C)cc1CC(C)N. The minimum absolute atomic E-state index is 0.202. The van der Waals surface area contributed by atoms with Crippen LogP contribution in [0.4, 0.5) is 5.69 Å². The average molecular weight is 277 g/mol. The Balaban J connectivity index is 2.98. The van der Waals surface area contributed by atoms with E-state index in [2.05, 4.69) is 62.9 Å². The third-order valence-corrected chi connectivity index (χ3v) is 3.43. The zero-order valence-electron chi connectivity index (χ0n) is 13.8. The smallest absolute Gasteiger partial charge is 0.0399 e. The van der Waals surface area contributed by atoms with Crippen molar-refractivity contribution in [2.24, 2.45) is 5.73 Å². The highest BCUT2D eigenvalue weighted by Crippen LogP contribution is 2.23. The number of anilines is 1. The molecule has 0 bridgehead atoms. The van der Waals surface area contributed by atoms with E-state index in [1.165, 1.54) is 23.2 Å². The molecule has 0 radical (unpaired) electrons. The monoisotopic (exact) mass is 277 g/mol. The van der Waals surface area contributed by atoms with Crippen LogP contribution >= 0.6 is 0 Å². The molecular weight excluding hydrogens is 246 g/mol. The predicted octanol–water partition coefficient (Wildman–Crippen LogP) is 2.66. The van der Waals surface area contributed by atoms with Gasteiger partial charge in [-0.1, -0.05) is 24.6 Å². The molecule has 1 atom stereocenters. The molecule has 20 heavy (non-hydrogen) atoms. The largest absolute Gasteiger partial charge is 0.370 e. The fourth-order valence-electron chi connectivity index (χ4n) is 2.48. The van der Waals surface area contributed by atoms with Crippen LogP contribution in [0.15, 0.2) is 18.2 Å². The lowest BCUT2D eigenvalue weighted by atomic mass is 10.0. The highest BCUT2D eigenvalue weighted by molar-refractivity contribution is 5.55. The molecule has 0 saturated carbocycles. The lowest BCUT2D eigenvalue weighted by Gasteiger charge is -2.29. The summed E-state index contributed by atoms with van der Waals surface area (Å²) in [6, 6.07) is 6.96. The molecular formula is C17H31N3. The molecule has 3 heteroatoms. The molecule has 3 nitrogen and oxygen atoms in total. The Morgan fingerprint density at radius 3 is 2.40 bits per heavy atom. The fourth-order valence-corrected chi connectivity index (χ4v) is 2.48. The Hall–Kier alpha value is -1.06. The van der Waals surface area contributed by atoms with Gasteiger partial charge in [0.15, 0.2) is 0 Å². The molecule has 0 aliphatic carbocycles. The Morgan fingerprint density at radius 2 is 1.85 bits per heavy atom. The van der Waals surface area contributed by atoms with Crippen LogP contribution in [0.25, 0.3) is 0 Å². The molecule has 114 valence electrons. The maximum Gasteiger partial charge on any atom is 0.0399 e. The molecule has 0 aliphatic rings. The van der Waals surface area contributed by atoms with Crippen LogP contribution < -0.4 is 10.6 Å². The molecule has 1 aromatic rings. The summed E-state index contributed by atoms with van der Waals surface area (Å²) in [5.41, 5.74) is 10.1. The van der Waals surface area contributed by atoms with E-state index in [9.17, 15) is 0 Å². The summed E-state index contributed by atoms with van der Waals surface area (Å²) in [5.74, 6) is 0. The number of hydrogen-bond donors (Lipinski definition) is 1. The summed E-state index contributed by atoms with van der Waals surface area (Å²) in [6.45, 7) is 9.71. The molecule has 0 saturated heterocycles. The van der Waals surface area contributed by atoms with Crippen molar-refractivity contribution in [1.82, 2.24) is 4.90 Å². The highest BCUT2D eigenvalue weighted by atomic mass is 15.2. The third kappa shape index (κ3) is 5.51. The van der Waals surface area contributed by atoms with Crippen molar-refractivity contribution in [1.29, 1.82) is 0 Å². The first kappa shape index (κ1) is 17.0. The van der Waals surface area contributed by atoms with Gasteiger partial charge in [0.1, 0.15) is 0 Å². The Bertz CT molecular complexity index is 399. The minimum atomic E-state index is 0.202. The van der Waals surface area contributed by atoms with Gasteiger partial charge in [-0.05, 0) is 52.4 Å². The highest BCUT2D eigenvalue weighted by Gasteiger charge is 2.12. The topological polar surface area (TPSA) is 32.5 Å². The van der Waals surface area contributed by atoms with E-state index in [1.807, 2.05) is 0 Å². The van der Waals surface area contributed by atoms with Crippen molar-refractivity contribution in [2.75, 3.05) is 38.6 Å². The number of aryl methyl sites for hydroxylation is 1. The summed E-state index contributed by atoms with van der Waals surface area (Å²) >= 11 is 0. The Labute approximate surface area is 124 Å². The quantitative estimate of drug-likeness (QED) is 0.793. The first-order chi connectivity index (χ1) is 9.43. The van der Waals surface area contributed by atoms with Crippen LogP contribution in [0, 0.1) is 6.92 Å². The lowest BCUT2D eigenvalue weighted by Crippen LogP contribution is -2.33. The number of nitrogens with two attached hydrogens (primary N) is 1. The third-order valence-electron chi connectivity index (χ3n) is 3.43. The van der Waals surface area contributed by atoms with Gasteiger partial charge in [-0.15, -0.1) is 0 Å². The fraction of sp³-hybridized carbons (Fsp3) is 0.647. The van der Waals surface area contributed by atoms with E-state index in [0.29, 0.717) is 0 Å². The van der Waals surface area contributed by atoms with E-state index in [1.54, 1.807) is 0 Å². The van der Waals surface area contributed by atoms with Crippen LogP contribution in [0.3, 0.4) is 0 Å². The van der Waals surface area contributed by atoms with Crippen molar-refractivity contribution in [3.8, 4) is 0 Å². The number of rotatable bonds is 8. The normalized spacial score (nSPS) is 12.8. The standard InChI is InChI=1S/C17H31N3/c1-6-9-20(11-10-19(4)5)17-8-7-14(2)12-16(17)13-15(3)18/h7-8,12,15H,6,9-11,13,18H2,1-5H3. The van der Waals surface area contributed by atoms with E-state index in [-0.39, 0.29) is 6.04 Å². The van der Waals surface area contributed by atoms with E-state index in [4.69, 9.17) is 5.73 Å². The van der Waals surface area contributed by atoms with Crippen LogP contribution in [-0.2, 0) is 6.42 Å². The molecule has 0 fully saturated rings. The van der Waals surface area contributed by atoms with Gasteiger partial charge in [0.05, 0.1) is 0 Å². The summed E-state index contributed by atoms with van der Waals surface area (Å²) in [4.78, 5) is 4.74. The number of benzene rings is 1. The molecule has 0 spiro atoms. The van der Waals surface area contributed by atoms with Gasteiger partial charge in [-0.2, -0.15) is 0 Å². The predicted molar refractivity (Wildman–Crippen MR) is 89.6 cm³/mol. The van der Waals surface area contributed by atoms with Crippen LogP contribution in [-0.4, -0.2) is 44.7 Å². The number of hydrogen-bond acceptors (Lipinski definition) is 3. The minimum Gasteiger partial charge on any atom is -0.370 e. The van der Waals surface area contributed by atoms with Gasteiger partial charge in [0.25, 0.3) is 0 Å². The zero-order valence-corrected chi connectivity index (χ0v) is 13.8. The van der Waals surface area contributed by atoms with Crippen molar-refractivity contribution in [3.05, 3.63) is 29.3 Å². The molecule has 1 aromatic carbocycles. The second-order valence-corrected chi connectivity index (χ2v) is 6.10. The van der Waals surface area contributed by atoms with E-state index in [0.717, 1.165) is 26.1 Å². The van der Waals surface area contributed by atoms with Gasteiger partial charge in [0, 0.05) is 31.4 Å². The first-order valence-corrected chi connectivity index (χ1v) is 7.68. The molecule has 1 rings (SSSR count). The molecule has 1 unspecified atom stereocenters. The Morgan fingerprint density at radius 1 is 1.15 bits per heavy atom. The molecule has 0 heterocycles. The van der Waals surface area contributed by atoms with Crippen LogP contribution in [0.2, 0.25) is 0 Å². The number of likely N-dealkylation sites (N-methyl/N-ethyl adjacent to an activating group) is 1. The van der Waals surface area contributed by atoms with Crippen molar-refractivity contribution < 1.29 is 0 Å². The molecule has 2 N–H and O–H groups in total. The van der Waals surface area contributed by atoms with Gasteiger partial charge in [0.2, 0.25) is 0 Å².